The Morgan fingerprint density at radius 3 is 2.76 bits per heavy atom. The predicted molar refractivity (Wildman–Crippen MR) is 118 cm³/mol. The van der Waals surface area contributed by atoms with Crippen LogP contribution in [0.15, 0.2) is 34.6 Å². The molecule has 1 amide bonds. The number of rotatable bonds is 9. The molecule has 29 heavy (non-hydrogen) atoms. The molecule has 0 aliphatic rings. The second-order valence-electron chi connectivity index (χ2n) is 7.09. The van der Waals surface area contributed by atoms with Crippen LogP contribution < -0.4 is 15.4 Å². The number of carbonyl (C=O) groups excluding carboxylic acids is 1. The molecule has 0 fully saturated rings. The van der Waals surface area contributed by atoms with Gasteiger partial charge in [-0.1, -0.05) is 26.0 Å². The molecule has 2 rings (SSSR count). The maximum atomic E-state index is 11.7. The minimum Gasteiger partial charge on any atom is -0.484 e. The van der Waals surface area contributed by atoms with Crippen molar-refractivity contribution < 1.29 is 9.53 Å². The van der Waals surface area contributed by atoms with Crippen LogP contribution in [0.1, 0.15) is 43.0 Å². The molecule has 0 saturated heterocycles. The van der Waals surface area contributed by atoms with Gasteiger partial charge in [0.15, 0.2) is 12.6 Å². The fourth-order valence-corrected chi connectivity index (χ4v) is 3.25. The minimum absolute atomic E-state index is 0.0239. The van der Waals surface area contributed by atoms with Gasteiger partial charge in [-0.25, -0.2) is 9.98 Å². The summed E-state index contributed by atoms with van der Waals surface area (Å²) in [6.45, 7) is 8.26. The third-order valence-electron chi connectivity index (χ3n) is 4.09. The zero-order valence-electron chi connectivity index (χ0n) is 17.9. The van der Waals surface area contributed by atoms with Crippen LogP contribution in [0.3, 0.4) is 0 Å². The summed E-state index contributed by atoms with van der Waals surface area (Å²) >= 11 is 1.66. The number of aromatic nitrogens is 1. The summed E-state index contributed by atoms with van der Waals surface area (Å²) in [5.74, 6) is 1.76. The van der Waals surface area contributed by atoms with Gasteiger partial charge < -0.3 is 20.3 Å². The van der Waals surface area contributed by atoms with Crippen molar-refractivity contribution in [2.45, 2.75) is 39.8 Å². The highest BCUT2D eigenvalue weighted by Crippen LogP contribution is 2.17. The Morgan fingerprint density at radius 1 is 1.31 bits per heavy atom. The van der Waals surface area contributed by atoms with Crippen LogP contribution in [0.5, 0.6) is 5.75 Å². The molecule has 0 unspecified atom stereocenters. The second-order valence-corrected chi connectivity index (χ2v) is 8.04. The molecule has 0 aliphatic carbocycles. The topological polar surface area (TPSA) is 78.9 Å². The quantitative estimate of drug-likeness (QED) is 0.484. The highest BCUT2D eigenvalue weighted by atomic mass is 32.1. The Morgan fingerprint density at radius 2 is 2.10 bits per heavy atom. The lowest BCUT2D eigenvalue weighted by molar-refractivity contribution is -0.130. The molecular formula is C21H31N5O2S. The summed E-state index contributed by atoms with van der Waals surface area (Å²) in [7, 11) is 3.42. The van der Waals surface area contributed by atoms with E-state index in [-0.39, 0.29) is 12.5 Å². The molecule has 1 aromatic heterocycles. The van der Waals surface area contributed by atoms with Crippen molar-refractivity contribution in [1.82, 2.24) is 20.5 Å². The van der Waals surface area contributed by atoms with Gasteiger partial charge in [0.2, 0.25) is 0 Å². The Balaban J connectivity index is 1.94. The SMILES string of the molecule is CCNC(=NCc1cccc(OCC(=O)N(C)C)c1)NCc1nc(C(C)C)cs1. The third-order valence-corrected chi connectivity index (χ3v) is 4.96. The van der Waals surface area contributed by atoms with Crippen LogP contribution in [0.25, 0.3) is 0 Å². The van der Waals surface area contributed by atoms with Crippen LogP contribution >= 0.6 is 11.3 Å². The molecule has 0 bridgehead atoms. The molecule has 2 aromatic rings. The van der Waals surface area contributed by atoms with Crippen LogP contribution in [0.2, 0.25) is 0 Å². The second kappa shape index (κ2) is 11.4. The number of amides is 1. The Labute approximate surface area is 177 Å². The van der Waals surface area contributed by atoms with Crippen molar-refractivity contribution in [2.24, 2.45) is 4.99 Å². The van der Waals surface area contributed by atoms with Gasteiger partial charge in [-0.2, -0.15) is 0 Å². The molecule has 0 radical (unpaired) electrons. The van der Waals surface area contributed by atoms with Crippen molar-refractivity contribution in [1.29, 1.82) is 0 Å². The number of hydrogen-bond acceptors (Lipinski definition) is 5. The van der Waals surface area contributed by atoms with Crippen molar-refractivity contribution in [2.75, 3.05) is 27.2 Å². The minimum atomic E-state index is -0.0742. The first-order chi connectivity index (χ1) is 13.9. The van der Waals surface area contributed by atoms with Gasteiger partial charge in [0.1, 0.15) is 10.8 Å². The van der Waals surface area contributed by atoms with Gasteiger partial charge in [0.25, 0.3) is 5.91 Å². The van der Waals surface area contributed by atoms with E-state index in [9.17, 15) is 4.79 Å². The zero-order chi connectivity index (χ0) is 21.2. The first kappa shape index (κ1) is 22.7. The number of likely N-dealkylation sites (N-methyl/N-ethyl adjacent to an activating group) is 1. The average molecular weight is 418 g/mol. The number of nitrogens with one attached hydrogen (secondary N) is 2. The van der Waals surface area contributed by atoms with Gasteiger partial charge in [0, 0.05) is 26.0 Å². The lowest BCUT2D eigenvalue weighted by Crippen LogP contribution is -2.36. The zero-order valence-corrected chi connectivity index (χ0v) is 18.7. The molecule has 1 aromatic carbocycles. The van der Waals surface area contributed by atoms with E-state index in [4.69, 9.17) is 4.74 Å². The summed E-state index contributed by atoms with van der Waals surface area (Å²) in [4.78, 5) is 22.5. The number of thiazole rings is 1. The predicted octanol–water partition coefficient (Wildman–Crippen LogP) is 2.99. The first-order valence-electron chi connectivity index (χ1n) is 9.77. The van der Waals surface area contributed by atoms with E-state index in [1.807, 2.05) is 31.2 Å². The standard InChI is InChI=1S/C21H31N5O2S/c1-6-22-21(24-12-19-25-18(14-29-19)15(2)3)23-11-16-8-7-9-17(10-16)28-13-20(27)26(4)5/h7-10,14-15H,6,11-13H2,1-5H3,(H2,22,23,24). The molecule has 0 atom stereocenters. The number of guanidine groups is 1. The van der Waals surface area contributed by atoms with Crippen molar-refractivity contribution >= 4 is 23.2 Å². The number of carbonyl (C=O) groups is 1. The van der Waals surface area contributed by atoms with Crippen molar-refractivity contribution in [3.63, 3.8) is 0 Å². The number of nitrogens with zero attached hydrogens (tertiary/aromatic N) is 3. The first-order valence-corrected chi connectivity index (χ1v) is 10.6. The summed E-state index contributed by atoms with van der Waals surface area (Å²) in [6, 6.07) is 7.65. The number of ether oxygens (including phenoxy) is 1. The van der Waals surface area contributed by atoms with Crippen LogP contribution in [0.4, 0.5) is 0 Å². The Kier molecular flexibility index (Phi) is 8.92. The average Bonchev–Trinajstić information content (AvgIpc) is 3.18. The largest absolute Gasteiger partial charge is 0.484 e. The summed E-state index contributed by atoms with van der Waals surface area (Å²) < 4.78 is 5.57. The molecule has 7 nitrogen and oxygen atoms in total. The van der Waals surface area contributed by atoms with Gasteiger partial charge in [-0.15, -0.1) is 11.3 Å². The van der Waals surface area contributed by atoms with Gasteiger partial charge in [-0.3, -0.25) is 4.79 Å². The number of aliphatic imine (C=N–C) groups is 1. The normalized spacial score (nSPS) is 11.4. The molecule has 8 heteroatoms. The Hall–Kier alpha value is -2.61. The van der Waals surface area contributed by atoms with E-state index < -0.39 is 0 Å². The molecule has 158 valence electrons. The van der Waals surface area contributed by atoms with Gasteiger partial charge in [0.05, 0.1) is 18.8 Å². The molecule has 0 aliphatic heterocycles. The van der Waals surface area contributed by atoms with E-state index in [1.54, 1.807) is 25.4 Å². The highest BCUT2D eigenvalue weighted by molar-refractivity contribution is 7.09. The smallest absolute Gasteiger partial charge is 0.259 e. The monoisotopic (exact) mass is 417 g/mol. The third kappa shape index (κ3) is 7.73. The van der Waals surface area contributed by atoms with Gasteiger partial charge in [-0.05, 0) is 30.5 Å². The highest BCUT2D eigenvalue weighted by Gasteiger charge is 2.07. The fraction of sp³-hybridized carbons (Fsp3) is 0.476. The number of benzene rings is 1. The molecule has 0 saturated carbocycles. The summed E-state index contributed by atoms with van der Waals surface area (Å²) in [6.07, 6.45) is 0. The molecule has 0 spiro atoms. The fourth-order valence-electron chi connectivity index (χ4n) is 2.35. The van der Waals surface area contributed by atoms with E-state index >= 15 is 0 Å². The van der Waals surface area contributed by atoms with Crippen LogP contribution in [-0.2, 0) is 17.9 Å². The van der Waals surface area contributed by atoms with E-state index in [0.717, 1.165) is 28.8 Å². The van der Waals surface area contributed by atoms with E-state index in [1.165, 1.54) is 4.90 Å². The molecule has 2 N–H and O–H groups in total. The van der Waals surface area contributed by atoms with Crippen molar-refractivity contribution in [3.8, 4) is 5.75 Å². The lowest BCUT2D eigenvalue weighted by atomic mass is 10.2. The summed E-state index contributed by atoms with van der Waals surface area (Å²) in [5.41, 5.74) is 2.13. The van der Waals surface area contributed by atoms with Crippen LogP contribution in [0, 0.1) is 0 Å². The van der Waals surface area contributed by atoms with Gasteiger partial charge >= 0.3 is 0 Å². The van der Waals surface area contributed by atoms with Crippen molar-refractivity contribution in [3.05, 3.63) is 45.9 Å². The molecular weight excluding hydrogens is 386 g/mol. The maximum Gasteiger partial charge on any atom is 0.259 e. The van der Waals surface area contributed by atoms with E-state index in [0.29, 0.717) is 24.8 Å². The molecule has 1 heterocycles. The van der Waals surface area contributed by atoms with E-state index in [2.05, 4.69) is 39.8 Å². The number of hydrogen-bond donors (Lipinski definition) is 2. The Bertz CT molecular complexity index is 817. The summed E-state index contributed by atoms with van der Waals surface area (Å²) in [5, 5.41) is 9.74. The maximum absolute atomic E-state index is 11.7. The van der Waals surface area contributed by atoms with Crippen LogP contribution in [-0.4, -0.2) is 49.0 Å². The lowest BCUT2D eigenvalue weighted by Gasteiger charge is -2.12.